The van der Waals surface area contributed by atoms with Crippen LogP contribution in [-0.2, 0) is 16.0 Å². The maximum Gasteiger partial charge on any atom is 0.193 e. The highest BCUT2D eigenvalue weighted by atomic mass is 16.5. The third-order valence-electron chi connectivity index (χ3n) is 4.76. The molecule has 0 radical (unpaired) electrons. The lowest BCUT2D eigenvalue weighted by molar-refractivity contribution is 0.00989. The largest absolute Gasteiger partial charge is 0.493 e. The van der Waals surface area contributed by atoms with Gasteiger partial charge in [-0.2, -0.15) is 0 Å². The molecule has 0 saturated carbocycles. The van der Waals surface area contributed by atoms with Crippen molar-refractivity contribution in [3.05, 3.63) is 29.8 Å². The smallest absolute Gasteiger partial charge is 0.193 e. The van der Waals surface area contributed by atoms with Crippen molar-refractivity contribution in [1.82, 2.24) is 10.2 Å². The van der Waals surface area contributed by atoms with Crippen molar-refractivity contribution in [3.8, 4) is 5.75 Å². The number of benzene rings is 1. The van der Waals surface area contributed by atoms with Crippen molar-refractivity contribution in [2.45, 2.75) is 45.8 Å². The Morgan fingerprint density at radius 2 is 1.89 bits per heavy atom. The summed E-state index contributed by atoms with van der Waals surface area (Å²) in [5.41, 5.74) is 1.22. The van der Waals surface area contributed by atoms with E-state index in [4.69, 9.17) is 14.2 Å². The number of aliphatic imine (C=N–C) groups is 1. The lowest BCUT2D eigenvalue weighted by Gasteiger charge is -2.34. The van der Waals surface area contributed by atoms with Crippen LogP contribution in [0.3, 0.4) is 0 Å². The average Bonchev–Trinajstić information content (AvgIpc) is 2.72. The number of nitrogens with zero attached hydrogens (tertiary/aromatic N) is 2. The van der Waals surface area contributed by atoms with Crippen LogP contribution >= 0.6 is 0 Å². The molecule has 0 spiro atoms. The van der Waals surface area contributed by atoms with Crippen LogP contribution in [0.15, 0.2) is 29.3 Å². The van der Waals surface area contributed by atoms with Gasteiger partial charge in [0.25, 0.3) is 0 Å². The molecule has 1 aliphatic rings. The zero-order valence-electron chi connectivity index (χ0n) is 17.9. The molecular formula is C22H37N3O3. The van der Waals surface area contributed by atoms with Crippen molar-refractivity contribution in [2.24, 2.45) is 10.9 Å². The van der Waals surface area contributed by atoms with Crippen LogP contribution in [0.4, 0.5) is 0 Å². The monoisotopic (exact) mass is 391 g/mol. The number of methoxy groups -OCH3 is 1. The van der Waals surface area contributed by atoms with E-state index in [9.17, 15) is 0 Å². The molecule has 1 aromatic rings. The van der Waals surface area contributed by atoms with E-state index in [0.29, 0.717) is 12.0 Å². The first-order chi connectivity index (χ1) is 13.6. The highest BCUT2D eigenvalue weighted by molar-refractivity contribution is 5.79. The SMILES string of the molecule is CN=C(NCc1ccc(OCC(C)C)cc1)N1CCC(OCCCOC)CC1. The molecule has 6 heteroatoms. The number of hydrogen-bond donors (Lipinski definition) is 1. The van der Waals surface area contributed by atoms with Crippen molar-refractivity contribution in [3.63, 3.8) is 0 Å². The molecule has 1 aromatic carbocycles. The third-order valence-corrected chi connectivity index (χ3v) is 4.76. The van der Waals surface area contributed by atoms with Crippen LogP contribution in [0.25, 0.3) is 0 Å². The van der Waals surface area contributed by atoms with E-state index in [1.165, 1.54) is 5.56 Å². The summed E-state index contributed by atoms with van der Waals surface area (Å²) in [6.07, 6.45) is 3.39. The second-order valence-corrected chi connectivity index (χ2v) is 7.65. The van der Waals surface area contributed by atoms with Gasteiger partial charge in [-0.3, -0.25) is 4.99 Å². The molecule has 0 amide bonds. The summed E-state index contributed by atoms with van der Waals surface area (Å²) in [5, 5.41) is 3.48. The molecule has 28 heavy (non-hydrogen) atoms. The number of guanidine groups is 1. The third kappa shape index (κ3) is 8.07. The van der Waals surface area contributed by atoms with Crippen molar-refractivity contribution < 1.29 is 14.2 Å². The maximum atomic E-state index is 5.94. The Balaban J connectivity index is 1.71. The minimum absolute atomic E-state index is 0.351. The lowest BCUT2D eigenvalue weighted by Crippen LogP contribution is -2.46. The average molecular weight is 392 g/mol. The van der Waals surface area contributed by atoms with E-state index in [2.05, 4.69) is 41.2 Å². The Morgan fingerprint density at radius 1 is 1.18 bits per heavy atom. The number of likely N-dealkylation sites (tertiary alicyclic amines) is 1. The molecule has 0 bridgehead atoms. The molecule has 158 valence electrons. The van der Waals surface area contributed by atoms with Gasteiger partial charge in [0, 0.05) is 47.0 Å². The topological polar surface area (TPSA) is 55.3 Å². The molecule has 0 atom stereocenters. The Kier molecular flexibility index (Phi) is 10.1. The Bertz CT molecular complexity index is 567. The predicted molar refractivity (Wildman–Crippen MR) is 114 cm³/mol. The number of hydrogen-bond acceptors (Lipinski definition) is 4. The van der Waals surface area contributed by atoms with Crippen LogP contribution < -0.4 is 10.1 Å². The van der Waals surface area contributed by atoms with Crippen molar-refractivity contribution in [2.75, 3.05) is 47.1 Å². The summed E-state index contributed by atoms with van der Waals surface area (Å²) in [6.45, 7) is 9.29. The second kappa shape index (κ2) is 12.6. The summed E-state index contributed by atoms with van der Waals surface area (Å²) in [4.78, 5) is 6.77. The first-order valence-corrected chi connectivity index (χ1v) is 10.4. The fourth-order valence-corrected chi connectivity index (χ4v) is 3.17. The first-order valence-electron chi connectivity index (χ1n) is 10.4. The van der Waals surface area contributed by atoms with E-state index in [1.807, 2.05) is 19.2 Å². The van der Waals surface area contributed by atoms with Gasteiger partial charge in [0.05, 0.1) is 12.7 Å². The second-order valence-electron chi connectivity index (χ2n) is 7.65. The standard InChI is InChI=1S/C22H37N3O3/c1-18(2)17-28-20-8-6-19(7-9-20)16-24-22(23-3)25-12-10-21(11-13-25)27-15-5-14-26-4/h6-9,18,21H,5,10-17H2,1-4H3,(H,23,24). The Labute approximate surface area is 170 Å². The minimum Gasteiger partial charge on any atom is -0.493 e. The quantitative estimate of drug-likeness (QED) is 0.377. The zero-order chi connectivity index (χ0) is 20.2. The minimum atomic E-state index is 0.351. The zero-order valence-corrected chi connectivity index (χ0v) is 17.9. The van der Waals surface area contributed by atoms with E-state index >= 15 is 0 Å². The fraction of sp³-hybridized carbons (Fsp3) is 0.682. The van der Waals surface area contributed by atoms with Crippen LogP contribution in [0.1, 0.15) is 38.7 Å². The van der Waals surface area contributed by atoms with Gasteiger partial charge >= 0.3 is 0 Å². The molecule has 1 heterocycles. The number of piperidine rings is 1. The van der Waals surface area contributed by atoms with E-state index in [1.54, 1.807) is 7.11 Å². The summed E-state index contributed by atoms with van der Waals surface area (Å²) < 4.78 is 16.8. The van der Waals surface area contributed by atoms with E-state index < -0.39 is 0 Å². The summed E-state index contributed by atoms with van der Waals surface area (Å²) in [6, 6.07) is 8.29. The molecule has 6 nitrogen and oxygen atoms in total. The maximum absolute atomic E-state index is 5.94. The molecular weight excluding hydrogens is 354 g/mol. The van der Waals surface area contributed by atoms with Crippen LogP contribution in [-0.4, -0.2) is 64.0 Å². The lowest BCUT2D eigenvalue weighted by atomic mass is 10.1. The highest BCUT2D eigenvalue weighted by Gasteiger charge is 2.21. The van der Waals surface area contributed by atoms with Gasteiger partial charge in [0.1, 0.15) is 5.75 Å². The molecule has 2 rings (SSSR count). The van der Waals surface area contributed by atoms with Gasteiger partial charge in [-0.1, -0.05) is 26.0 Å². The first kappa shape index (κ1) is 22.5. The molecule has 1 N–H and O–H groups in total. The molecule has 1 saturated heterocycles. The molecule has 1 aliphatic heterocycles. The molecule has 1 fully saturated rings. The summed E-state index contributed by atoms with van der Waals surface area (Å²) in [5.74, 6) is 2.41. The highest BCUT2D eigenvalue weighted by Crippen LogP contribution is 2.15. The van der Waals surface area contributed by atoms with E-state index in [0.717, 1.165) is 70.4 Å². The number of rotatable bonds is 10. The van der Waals surface area contributed by atoms with Gasteiger partial charge < -0.3 is 24.4 Å². The molecule has 0 aromatic heterocycles. The summed E-state index contributed by atoms with van der Waals surface area (Å²) in [7, 11) is 3.57. The normalized spacial score (nSPS) is 15.9. The van der Waals surface area contributed by atoms with Gasteiger partial charge in [-0.05, 0) is 42.9 Å². The van der Waals surface area contributed by atoms with Crippen LogP contribution in [0, 0.1) is 5.92 Å². The van der Waals surface area contributed by atoms with Gasteiger partial charge in [0.15, 0.2) is 5.96 Å². The summed E-state index contributed by atoms with van der Waals surface area (Å²) >= 11 is 0. The Hall–Kier alpha value is -1.79. The number of ether oxygens (including phenoxy) is 3. The van der Waals surface area contributed by atoms with Crippen LogP contribution in [0.5, 0.6) is 5.75 Å². The molecule has 0 aliphatic carbocycles. The van der Waals surface area contributed by atoms with Crippen LogP contribution in [0.2, 0.25) is 0 Å². The van der Waals surface area contributed by atoms with Gasteiger partial charge in [-0.15, -0.1) is 0 Å². The van der Waals surface area contributed by atoms with Gasteiger partial charge in [-0.25, -0.2) is 0 Å². The van der Waals surface area contributed by atoms with E-state index in [-0.39, 0.29) is 0 Å². The van der Waals surface area contributed by atoms with Crippen molar-refractivity contribution in [1.29, 1.82) is 0 Å². The molecule has 0 unspecified atom stereocenters. The fourth-order valence-electron chi connectivity index (χ4n) is 3.17. The predicted octanol–water partition coefficient (Wildman–Crippen LogP) is 3.31. The van der Waals surface area contributed by atoms with Gasteiger partial charge in [0.2, 0.25) is 0 Å². The number of nitrogens with one attached hydrogen (secondary N) is 1. The Morgan fingerprint density at radius 3 is 2.50 bits per heavy atom. The van der Waals surface area contributed by atoms with Crippen molar-refractivity contribution >= 4 is 5.96 Å².